The van der Waals surface area contributed by atoms with Crippen molar-refractivity contribution < 1.29 is 19.7 Å². The van der Waals surface area contributed by atoms with Crippen LogP contribution < -0.4 is 26.3 Å². The lowest BCUT2D eigenvalue weighted by Gasteiger charge is -2.58. The fourth-order valence-corrected chi connectivity index (χ4v) is 2.56. The SMILES string of the molecule is C[C@@]12N[C@@]3(C=CNC(O)=[NH+]3)[C@@H]1NC(=O)NC2=O. The molecule has 2 saturated heterocycles. The zero-order valence-electron chi connectivity index (χ0n) is 9.00. The Morgan fingerprint density at radius 1 is 1.47 bits per heavy atom. The number of carbonyl (C=O) groups is 2. The maximum absolute atomic E-state index is 11.7. The highest BCUT2D eigenvalue weighted by Crippen LogP contribution is 2.32. The van der Waals surface area contributed by atoms with Crippen LogP contribution in [-0.4, -0.2) is 40.3 Å². The number of amidine groups is 1. The molecule has 3 rings (SSSR count). The average molecular weight is 238 g/mol. The van der Waals surface area contributed by atoms with Gasteiger partial charge in [0.05, 0.1) is 6.20 Å². The quantitative estimate of drug-likeness (QED) is 0.260. The normalized spacial score (nSPS) is 42.9. The van der Waals surface area contributed by atoms with Gasteiger partial charge in [-0.1, -0.05) is 0 Å². The van der Waals surface area contributed by atoms with Crippen LogP contribution in [0.15, 0.2) is 12.3 Å². The summed E-state index contributed by atoms with van der Waals surface area (Å²) in [5.41, 5.74) is -1.72. The molecule has 8 nitrogen and oxygen atoms in total. The van der Waals surface area contributed by atoms with Crippen LogP contribution in [-0.2, 0) is 4.79 Å². The number of amides is 3. The topological polar surface area (TPSA) is 116 Å². The molecule has 3 atom stereocenters. The van der Waals surface area contributed by atoms with Crippen LogP contribution in [0, 0.1) is 0 Å². The zero-order valence-corrected chi connectivity index (χ0v) is 9.00. The Hall–Kier alpha value is -2.09. The molecule has 0 saturated carbocycles. The van der Waals surface area contributed by atoms with Gasteiger partial charge in [0.2, 0.25) is 5.66 Å². The molecule has 6 N–H and O–H groups in total. The third-order valence-corrected chi connectivity index (χ3v) is 3.36. The number of rotatable bonds is 0. The molecule has 0 aromatic heterocycles. The van der Waals surface area contributed by atoms with E-state index in [9.17, 15) is 14.7 Å². The summed E-state index contributed by atoms with van der Waals surface area (Å²) in [7, 11) is 0. The summed E-state index contributed by atoms with van der Waals surface area (Å²) in [5.74, 6) is -0.384. The monoisotopic (exact) mass is 238 g/mol. The van der Waals surface area contributed by atoms with Crippen molar-refractivity contribution in [3.63, 3.8) is 0 Å². The van der Waals surface area contributed by atoms with Gasteiger partial charge >= 0.3 is 12.1 Å². The van der Waals surface area contributed by atoms with Crippen molar-refractivity contribution in [2.45, 2.75) is 24.2 Å². The standard InChI is InChI=1S/C9H11N5O3/c1-8-4(11-7(17)12-5(8)15)9(14-8)2-3-10-6(16)13-9/h2-4,14H,1H3,(H2,10,13,16)(H2,11,12,15,17)/p+1/t4-,8-,9+/m1/s1. The van der Waals surface area contributed by atoms with Gasteiger partial charge in [0.15, 0.2) is 0 Å². The molecule has 8 heteroatoms. The largest absolute Gasteiger partial charge is 0.447 e. The summed E-state index contributed by atoms with van der Waals surface area (Å²) < 4.78 is 0. The number of aliphatic hydroxyl groups excluding tert-OH is 1. The van der Waals surface area contributed by atoms with Crippen molar-refractivity contribution in [3.05, 3.63) is 12.3 Å². The minimum atomic E-state index is -0.886. The van der Waals surface area contributed by atoms with Crippen molar-refractivity contribution in [1.29, 1.82) is 0 Å². The van der Waals surface area contributed by atoms with Crippen molar-refractivity contribution in [1.82, 2.24) is 21.3 Å². The molecule has 0 unspecified atom stereocenters. The number of aliphatic hydroxyl groups is 1. The molecule has 0 radical (unpaired) electrons. The van der Waals surface area contributed by atoms with E-state index in [-0.39, 0.29) is 11.9 Å². The number of fused-ring (bicyclic) bond motifs is 2. The number of urea groups is 1. The van der Waals surface area contributed by atoms with Crippen LogP contribution in [0.4, 0.5) is 4.79 Å². The van der Waals surface area contributed by atoms with E-state index < -0.39 is 23.3 Å². The fourth-order valence-electron chi connectivity index (χ4n) is 2.56. The first-order valence-electron chi connectivity index (χ1n) is 5.16. The number of hydrogen-bond acceptors (Lipinski definition) is 4. The van der Waals surface area contributed by atoms with Crippen molar-refractivity contribution in [2.24, 2.45) is 0 Å². The van der Waals surface area contributed by atoms with Crippen LogP contribution in [0.3, 0.4) is 0 Å². The highest BCUT2D eigenvalue weighted by Gasteiger charge is 2.69. The van der Waals surface area contributed by atoms with E-state index in [4.69, 9.17) is 0 Å². The summed E-state index contributed by atoms with van der Waals surface area (Å²) in [4.78, 5) is 25.8. The number of carbonyl (C=O) groups excluding carboxylic acids is 2. The summed E-state index contributed by atoms with van der Waals surface area (Å²) in [5, 5.41) is 19.9. The first kappa shape index (κ1) is 10.1. The van der Waals surface area contributed by atoms with Gasteiger partial charge in [0, 0.05) is 6.08 Å². The Morgan fingerprint density at radius 2 is 2.24 bits per heavy atom. The second-order valence-electron chi connectivity index (χ2n) is 4.51. The molecule has 3 heterocycles. The van der Waals surface area contributed by atoms with E-state index in [0.29, 0.717) is 0 Å². The molecule has 0 bridgehead atoms. The zero-order chi connectivity index (χ0) is 12.3. The van der Waals surface area contributed by atoms with Gasteiger partial charge in [-0.05, 0) is 6.92 Å². The highest BCUT2D eigenvalue weighted by atomic mass is 16.3. The summed E-state index contributed by atoms with van der Waals surface area (Å²) >= 11 is 0. The molecule has 1 spiro atoms. The molecule has 3 aliphatic rings. The molecule has 0 aliphatic carbocycles. The Labute approximate surface area is 96.2 Å². The number of imide groups is 1. The van der Waals surface area contributed by atoms with E-state index >= 15 is 0 Å². The molecule has 90 valence electrons. The van der Waals surface area contributed by atoms with Gasteiger partial charge in [-0.15, -0.1) is 0 Å². The van der Waals surface area contributed by atoms with Gasteiger partial charge in [-0.25, -0.2) is 15.1 Å². The lowest BCUT2D eigenvalue weighted by Crippen LogP contribution is -3.10. The molecular formula is C9H12N5O3+. The van der Waals surface area contributed by atoms with Crippen molar-refractivity contribution >= 4 is 18.0 Å². The minimum absolute atomic E-state index is 0.137. The summed E-state index contributed by atoms with van der Waals surface area (Å²) in [6.45, 7) is 1.69. The second kappa shape index (κ2) is 2.77. The molecule has 17 heavy (non-hydrogen) atoms. The van der Waals surface area contributed by atoms with E-state index in [1.54, 1.807) is 13.0 Å². The van der Waals surface area contributed by atoms with Crippen LogP contribution in [0.1, 0.15) is 6.92 Å². The van der Waals surface area contributed by atoms with Crippen LogP contribution in [0.5, 0.6) is 0 Å². The van der Waals surface area contributed by atoms with Crippen LogP contribution in [0.2, 0.25) is 0 Å². The van der Waals surface area contributed by atoms with E-state index in [2.05, 4.69) is 26.3 Å². The van der Waals surface area contributed by atoms with Gasteiger partial charge in [0.25, 0.3) is 5.91 Å². The predicted octanol–water partition coefficient (Wildman–Crippen LogP) is -3.64. The predicted molar refractivity (Wildman–Crippen MR) is 55.6 cm³/mol. The van der Waals surface area contributed by atoms with E-state index in [0.717, 1.165) is 0 Å². The fraction of sp³-hybridized carbons (Fsp3) is 0.444. The Morgan fingerprint density at radius 3 is 2.94 bits per heavy atom. The maximum atomic E-state index is 11.7. The van der Waals surface area contributed by atoms with Gasteiger partial charge in [-0.3, -0.25) is 15.4 Å². The first-order valence-corrected chi connectivity index (χ1v) is 5.16. The molecular weight excluding hydrogens is 226 g/mol. The minimum Gasteiger partial charge on any atom is -0.447 e. The summed E-state index contributed by atoms with van der Waals surface area (Å²) in [6.07, 6.45) is 3.25. The Balaban J connectivity index is 1.98. The molecule has 3 amide bonds. The number of hydrogen-bond donors (Lipinski definition) is 6. The van der Waals surface area contributed by atoms with E-state index in [1.807, 2.05) is 0 Å². The average Bonchev–Trinajstić information content (AvgIpc) is 2.24. The summed E-state index contributed by atoms with van der Waals surface area (Å²) in [6, 6.07) is -1.15. The van der Waals surface area contributed by atoms with Crippen molar-refractivity contribution in [3.8, 4) is 0 Å². The third kappa shape index (κ3) is 1.12. The molecule has 2 fully saturated rings. The van der Waals surface area contributed by atoms with Gasteiger partial charge < -0.3 is 10.4 Å². The molecule has 0 aromatic carbocycles. The first-order chi connectivity index (χ1) is 7.96. The van der Waals surface area contributed by atoms with E-state index in [1.165, 1.54) is 6.20 Å². The Bertz CT molecular complexity index is 487. The molecule has 3 aliphatic heterocycles. The Kier molecular flexibility index (Phi) is 1.65. The lowest BCUT2D eigenvalue weighted by molar-refractivity contribution is -0.585. The number of nitrogens with one attached hydrogen (secondary N) is 5. The maximum Gasteiger partial charge on any atom is 0.445 e. The second-order valence-corrected chi connectivity index (χ2v) is 4.51. The smallest absolute Gasteiger partial charge is 0.445 e. The van der Waals surface area contributed by atoms with Crippen molar-refractivity contribution in [2.75, 3.05) is 0 Å². The lowest BCUT2D eigenvalue weighted by atomic mass is 9.71. The van der Waals surface area contributed by atoms with Gasteiger partial charge in [-0.2, -0.15) is 0 Å². The van der Waals surface area contributed by atoms with Gasteiger partial charge in [0.1, 0.15) is 11.6 Å². The highest BCUT2D eigenvalue weighted by molar-refractivity contribution is 6.04. The van der Waals surface area contributed by atoms with Crippen LogP contribution >= 0.6 is 0 Å². The van der Waals surface area contributed by atoms with Crippen LogP contribution in [0.25, 0.3) is 0 Å². The molecule has 0 aromatic rings. The third-order valence-electron chi connectivity index (χ3n) is 3.36.